The number of fused-ring (bicyclic) bond motifs is 14. The molecule has 0 saturated heterocycles. The van der Waals surface area contributed by atoms with Gasteiger partial charge in [-0.2, -0.15) is 0 Å². The summed E-state index contributed by atoms with van der Waals surface area (Å²) in [5, 5.41) is 2.34. The van der Waals surface area contributed by atoms with Crippen LogP contribution in [0.25, 0.3) is 77.9 Å². The lowest BCUT2D eigenvalue weighted by atomic mass is 9.98. The molecule has 6 aromatic carbocycles. The van der Waals surface area contributed by atoms with Crippen LogP contribution in [-0.4, -0.2) is 19.1 Å². The fourth-order valence-corrected chi connectivity index (χ4v) is 8.99. The van der Waals surface area contributed by atoms with Crippen LogP contribution < -0.4 is 9.64 Å². The monoisotopic (exact) mass is 717 g/mol. The zero-order valence-electron chi connectivity index (χ0n) is 30.0. The lowest BCUT2D eigenvalue weighted by Crippen LogP contribution is -2.12. The average molecular weight is 718 g/mol. The highest BCUT2D eigenvalue weighted by Gasteiger charge is 2.33. The van der Waals surface area contributed by atoms with Gasteiger partial charge in [-0.05, 0) is 72.8 Å². The first kappa shape index (κ1) is 30.7. The summed E-state index contributed by atoms with van der Waals surface area (Å²) in [6.45, 7) is 0. The Balaban J connectivity index is 1.14. The molecule has 10 aromatic rings. The Bertz CT molecular complexity index is 3190. The molecule has 12 rings (SSSR count). The second-order valence-electron chi connectivity index (χ2n) is 14.2. The van der Waals surface area contributed by atoms with E-state index in [0.717, 1.165) is 73.0 Å². The summed E-state index contributed by atoms with van der Waals surface area (Å²) in [6, 6.07) is 60.6. The molecular formula is C50H31N5O. The quantitative estimate of drug-likeness (QED) is 0.183. The van der Waals surface area contributed by atoms with E-state index in [1.165, 1.54) is 27.7 Å². The van der Waals surface area contributed by atoms with Crippen molar-refractivity contribution in [1.29, 1.82) is 0 Å². The van der Waals surface area contributed by atoms with Gasteiger partial charge >= 0.3 is 0 Å². The number of hydrogen-bond donors (Lipinski definition) is 0. The third kappa shape index (κ3) is 4.32. The second-order valence-corrected chi connectivity index (χ2v) is 14.2. The molecule has 0 spiro atoms. The van der Waals surface area contributed by atoms with E-state index >= 15 is 0 Å². The lowest BCUT2D eigenvalue weighted by molar-refractivity contribution is 0.467. The van der Waals surface area contributed by atoms with E-state index in [4.69, 9.17) is 4.74 Å². The predicted molar refractivity (Wildman–Crippen MR) is 226 cm³/mol. The summed E-state index contributed by atoms with van der Waals surface area (Å²) < 4.78 is 11.3. The molecule has 262 valence electrons. The van der Waals surface area contributed by atoms with Crippen LogP contribution in [0.1, 0.15) is 0 Å². The molecule has 6 heterocycles. The molecule has 0 aliphatic carbocycles. The highest BCUT2D eigenvalue weighted by molar-refractivity contribution is 6.13. The fourth-order valence-electron chi connectivity index (χ4n) is 8.99. The molecule has 0 unspecified atom stereocenters. The Kier molecular flexibility index (Phi) is 6.53. The van der Waals surface area contributed by atoms with Crippen LogP contribution in [-0.2, 0) is 0 Å². The Morgan fingerprint density at radius 3 is 1.82 bits per heavy atom. The number of para-hydroxylation sites is 5. The van der Waals surface area contributed by atoms with Crippen molar-refractivity contribution in [3.8, 4) is 67.8 Å². The first-order valence-electron chi connectivity index (χ1n) is 18.8. The number of pyridine rings is 2. The minimum Gasteiger partial charge on any atom is -0.438 e. The van der Waals surface area contributed by atoms with Gasteiger partial charge in [0.2, 0.25) is 5.88 Å². The van der Waals surface area contributed by atoms with Gasteiger partial charge in [-0.1, -0.05) is 97.1 Å². The smallest absolute Gasteiger partial charge is 0.227 e. The van der Waals surface area contributed by atoms with E-state index in [9.17, 15) is 0 Å². The molecule has 0 bridgehead atoms. The molecule has 6 nitrogen and oxygen atoms in total. The molecule has 0 fully saturated rings. The molecule has 4 aromatic heterocycles. The molecular weight excluding hydrogens is 687 g/mol. The number of hydrogen-bond acceptors (Lipinski definition) is 4. The van der Waals surface area contributed by atoms with Gasteiger partial charge < -0.3 is 18.8 Å². The fraction of sp³-hybridized carbons (Fsp3) is 0. The summed E-state index contributed by atoms with van der Waals surface area (Å²) in [7, 11) is 0. The van der Waals surface area contributed by atoms with E-state index in [2.05, 4.69) is 182 Å². The van der Waals surface area contributed by atoms with Crippen molar-refractivity contribution in [2.75, 3.05) is 4.90 Å². The highest BCUT2D eigenvalue weighted by atomic mass is 16.5. The van der Waals surface area contributed by atoms with Gasteiger partial charge in [0.25, 0.3) is 0 Å². The maximum absolute atomic E-state index is 6.51. The van der Waals surface area contributed by atoms with Gasteiger partial charge in [-0.3, -0.25) is 4.98 Å². The molecule has 56 heavy (non-hydrogen) atoms. The van der Waals surface area contributed by atoms with Crippen LogP contribution >= 0.6 is 0 Å². The summed E-state index contributed by atoms with van der Waals surface area (Å²) in [5.74, 6) is 1.30. The SMILES string of the molecule is c1ccc(-n2c3c(c4ccccc42)-c2ccccc2N(c2cccc(-n4c5c(c6ccccc64)-c4cccnc4Oc4ccncc4-5)c2)c2ccccc2-3)cc1. The molecule has 6 heteroatoms. The summed E-state index contributed by atoms with van der Waals surface area (Å²) in [6.07, 6.45) is 5.47. The molecule has 0 saturated carbocycles. The summed E-state index contributed by atoms with van der Waals surface area (Å²) in [5.41, 5.74) is 16.4. The van der Waals surface area contributed by atoms with Crippen LogP contribution in [0.2, 0.25) is 0 Å². The number of rotatable bonds is 3. The third-order valence-electron chi connectivity index (χ3n) is 11.2. The van der Waals surface area contributed by atoms with E-state index in [-0.39, 0.29) is 0 Å². The van der Waals surface area contributed by atoms with Crippen molar-refractivity contribution in [2.24, 2.45) is 0 Å². The molecule has 0 atom stereocenters. The van der Waals surface area contributed by atoms with E-state index < -0.39 is 0 Å². The van der Waals surface area contributed by atoms with Crippen molar-refractivity contribution in [3.63, 3.8) is 0 Å². The van der Waals surface area contributed by atoms with Crippen LogP contribution in [0.3, 0.4) is 0 Å². The van der Waals surface area contributed by atoms with Crippen molar-refractivity contribution in [3.05, 3.63) is 188 Å². The molecule has 2 aliphatic heterocycles. The minimum absolute atomic E-state index is 0.583. The van der Waals surface area contributed by atoms with E-state index in [0.29, 0.717) is 5.88 Å². The second kappa shape index (κ2) is 11.9. The third-order valence-corrected chi connectivity index (χ3v) is 11.2. The first-order valence-corrected chi connectivity index (χ1v) is 18.8. The molecule has 0 N–H and O–H groups in total. The number of benzene rings is 6. The molecule has 0 radical (unpaired) electrons. The molecule has 0 amide bonds. The molecule has 2 aliphatic rings. The van der Waals surface area contributed by atoms with Crippen molar-refractivity contribution in [1.82, 2.24) is 19.1 Å². The zero-order valence-corrected chi connectivity index (χ0v) is 30.0. The standard InChI is InChI=1S/C50H31N5O/c1-2-14-32(15-3-1)54-42-24-9-5-19-36(42)46-35-18-4-8-23-41(35)53(44-26-11-7-21-38(44)48(46)54)33-16-12-17-34(30-33)55-43-25-10-6-20-37(43)47-39-22-13-28-52-50(39)56-45-27-29-51-31-40(45)49(47)55/h1-31H. The van der Waals surface area contributed by atoms with Crippen LogP contribution in [0.4, 0.5) is 17.1 Å². The Morgan fingerprint density at radius 2 is 1.02 bits per heavy atom. The van der Waals surface area contributed by atoms with Crippen molar-refractivity contribution in [2.45, 2.75) is 0 Å². The summed E-state index contributed by atoms with van der Waals surface area (Å²) >= 11 is 0. The van der Waals surface area contributed by atoms with E-state index in [1.54, 1.807) is 12.4 Å². The van der Waals surface area contributed by atoms with Crippen LogP contribution in [0.5, 0.6) is 11.6 Å². The van der Waals surface area contributed by atoms with Crippen LogP contribution in [0, 0.1) is 0 Å². The van der Waals surface area contributed by atoms with Gasteiger partial charge in [0.15, 0.2) is 0 Å². The van der Waals surface area contributed by atoms with E-state index in [1.807, 2.05) is 18.3 Å². The van der Waals surface area contributed by atoms with Crippen molar-refractivity contribution >= 4 is 38.9 Å². The number of ether oxygens (including phenoxy) is 1. The Morgan fingerprint density at radius 1 is 0.429 bits per heavy atom. The number of aromatic nitrogens is 4. The van der Waals surface area contributed by atoms with Gasteiger partial charge in [-0.15, -0.1) is 0 Å². The zero-order chi connectivity index (χ0) is 36.7. The van der Waals surface area contributed by atoms with Gasteiger partial charge in [0.1, 0.15) is 5.75 Å². The van der Waals surface area contributed by atoms with Gasteiger partial charge in [0.05, 0.1) is 39.4 Å². The van der Waals surface area contributed by atoms with Crippen molar-refractivity contribution < 1.29 is 4.74 Å². The predicted octanol–water partition coefficient (Wildman–Crippen LogP) is 12.9. The number of nitrogens with zero attached hydrogens (tertiary/aromatic N) is 5. The Labute approximate surface area is 322 Å². The topological polar surface area (TPSA) is 48.1 Å². The maximum Gasteiger partial charge on any atom is 0.227 e. The average Bonchev–Trinajstić information content (AvgIpc) is 3.69. The highest BCUT2D eigenvalue weighted by Crippen LogP contribution is 2.55. The van der Waals surface area contributed by atoms with Crippen LogP contribution in [0.15, 0.2) is 188 Å². The minimum atomic E-state index is 0.583. The van der Waals surface area contributed by atoms with Gasteiger partial charge in [-0.25, -0.2) is 4.98 Å². The normalized spacial score (nSPS) is 12.4. The first-order chi connectivity index (χ1) is 27.8. The largest absolute Gasteiger partial charge is 0.438 e. The van der Waals surface area contributed by atoms with Gasteiger partial charge in [0, 0.05) is 74.2 Å². The number of anilines is 3. The Hall–Kier alpha value is -7.70. The maximum atomic E-state index is 6.51. The lowest BCUT2D eigenvalue weighted by Gasteiger charge is -2.28. The summed E-state index contributed by atoms with van der Waals surface area (Å²) in [4.78, 5) is 11.7.